The fourth-order valence-corrected chi connectivity index (χ4v) is 4.10. The first kappa shape index (κ1) is 21.9. The van der Waals surface area contributed by atoms with Crippen molar-refractivity contribution in [1.29, 1.82) is 0 Å². The molecule has 4 aromatic rings. The van der Waals surface area contributed by atoms with Crippen LogP contribution in [-0.2, 0) is 0 Å². The third-order valence-corrected chi connectivity index (χ3v) is 5.64. The lowest BCUT2D eigenvalue weighted by Crippen LogP contribution is -2.39. The fourth-order valence-electron chi connectivity index (χ4n) is 4.10. The number of likely N-dealkylation sites (tertiary alicyclic amines) is 1. The standard InChI is InChI=1S/C23H18F4N4O3/c24-16-5-1-3-14(9-16)20-29-21(34-30-20)15-4-2-8-31(12-15)22(32)19-10-13-6-7-17(11-18(13)28-19)33-23(25,26)27/h1,3,5-7,9-11,15,28H,2,4,8,12H2. The molecule has 1 aliphatic heterocycles. The molecule has 1 saturated heterocycles. The van der Waals surface area contributed by atoms with Crippen LogP contribution in [0.2, 0.25) is 0 Å². The van der Waals surface area contributed by atoms with Crippen LogP contribution in [0.3, 0.4) is 0 Å². The number of carbonyl (C=O) groups is 1. The zero-order valence-electron chi connectivity index (χ0n) is 17.6. The number of fused-ring (bicyclic) bond motifs is 1. The van der Waals surface area contributed by atoms with E-state index in [4.69, 9.17) is 4.52 Å². The van der Waals surface area contributed by atoms with Gasteiger partial charge in [0, 0.05) is 35.6 Å². The van der Waals surface area contributed by atoms with Crippen molar-refractivity contribution in [3.63, 3.8) is 0 Å². The van der Waals surface area contributed by atoms with E-state index in [-0.39, 0.29) is 29.1 Å². The molecule has 1 amide bonds. The van der Waals surface area contributed by atoms with Crippen molar-refractivity contribution in [2.45, 2.75) is 25.1 Å². The molecule has 1 fully saturated rings. The maximum Gasteiger partial charge on any atom is 0.573 e. The Morgan fingerprint density at radius 2 is 2.03 bits per heavy atom. The summed E-state index contributed by atoms with van der Waals surface area (Å²) in [5.41, 5.74) is 1.10. The number of rotatable bonds is 4. The first-order chi connectivity index (χ1) is 16.2. The van der Waals surface area contributed by atoms with E-state index in [1.165, 1.54) is 30.3 Å². The average Bonchev–Trinajstić information content (AvgIpc) is 3.45. The Hall–Kier alpha value is -3.89. The minimum atomic E-state index is -4.80. The average molecular weight is 474 g/mol. The van der Waals surface area contributed by atoms with Crippen LogP contribution in [0.1, 0.15) is 35.1 Å². The Morgan fingerprint density at radius 1 is 1.18 bits per heavy atom. The van der Waals surface area contributed by atoms with Gasteiger partial charge in [-0.25, -0.2) is 4.39 Å². The van der Waals surface area contributed by atoms with Crippen molar-refractivity contribution in [2.75, 3.05) is 13.1 Å². The summed E-state index contributed by atoms with van der Waals surface area (Å²) < 4.78 is 60.3. The zero-order valence-corrected chi connectivity index (χ0v) is 17.6. The monoisotopic (exact) mass is 474 g/mol. The van der Waals surface area contributed by atoms with Crippen LogP contribution < -0.4 is 4.74 Å². The fraction of sp³-hybridized carbons (Fsp3) is 0.261. The Bertz CT molecular complexity index is 1350. The molecule has 176 valence electrons. The molecular formula is C23H18F4N4O3. The highest BCUT2D eigenvalue weighted by atomic mass is 19.4. The Balaban J connectivity index is 1.32. The van der Waals surface area contributed by atoms with E-state index in [9.17, 15) is 22.4 Å². The van der Waals surface area contributed by atoms with Crippen molar-refractivity contribution < 1.29 is 31.6 Å². The first-order valence-electron chi connectivity index (χ1n) is 10.5. The van der Waals surface area contributed by atoms with E-state index in [2.05, 4.69) is 19.9 Å². The quantitative estimate of drug-likeness (QED) is 0.407. The van der Waals surface area contributed by atoms with Gasteiger partial charge in [0.05, 0.1) is 5.92 Å². The van der Waals surface area contributed by atoms with Crippen LogP contribution in [0.15, 0.2) is 53.1 Å². The van der Waals surface area contributed by atoms with Gasteiger partial charge < -0.3 is 19.1 Å². The van der Waals surface area contributed by atoms with Gasteiger partial charge in [-0.1, -0.05) is 17.3 Å². The third kappa shape index (κ3) is 4.59. The summed E-state index contributed by atoms with van der Waals surface area (Å²) >= 11 is 0. The summed E-state index contributed by atoms with van der Waals surface area (Å²) in [6, 6.07) is 11.3. The topological polar surface area (TPSA) is 84.3 Å². The van der Waals surface area contributed by atoms with E-state index in [1.54, 1.807) is 23.1 Å². The number of H-pyrrole nitrogens is 1. The summed E-state index contributed by atoms with van der Waals surface area (Å²) in [5, 5.41) is 4.53. The maximum absolute atomic E-state index is 13.5. The number of benzene rings is 2. The second-order valence-corrected chi connectivity index (χ2v) is 8.04. The molecule has 0 aliphatic carbocycles. The summed E-state index contributed by atoms with van der Waals surface area (Å²) in [6.45, 7) is 0.847. The number of halogens is 4. The first-order valence-corrected chi connectivity index (χ1v) is 10.5. The number of alkyl halides is 3. The van der Waals surface area contributed by atoms with Crippen LogP contribution in [0.25, 0.3) is 22.3 Å². The van der Waals surface area contributed by atoms with Crippen LogP contribution in [-0.4, -0.2) is 45.4 Å². The molecule has 1 aliphatic rings. The van der Waals surface area contributed by atoms with Crippen molar-refractivity contribution in [3.8, 4) is 17.1 Å². The molecule has 1 N–H and O–H groups in total. The van der Waals surface area contributed by atoms with Crippen molar-refractivity contribution >= 4 is 16.8 Å². The predicted molar refractivity (Wildman–Crippen MR) is 113 cm³/mol. The highest BCUT2D eigenvalue weighted by molar-refractivity contribution is 5.98. The van der Waals surface area contributed by atoms with Gasteiger partial charge in [0.2, 0.25) is 11.7 Å². The van der Waals surface area contributed by atoms with Gasteiger partial charge in [-0.2, -0.15) is 4.98 Å². The van der Waals surface area contributed by atoms with E-state index in [1.807, 2.05) is 0 Å². The third-order valence-electron chi connectivity index (χ3n) is 5.64. The molecule has 0 spiro atoms. The number of nitrogens with zero attached hydrogens (tertiary/aromatic N) is 3. The summed E-state index contributed by atoms with van der Waals surface area (Å²) in [6.07, 6.45) is -3.36. The zero-order chi connectivity index (χ0) is 23.9. The molecule has 11 heteroatoms. The molecular weight excluding hydrogens is 456 g/mol. The number of piperidine rings is 1. The van der Waals surface area contributed by atoms with Crippen molar-refractivity contribution in [1.82, 2.24) is 20.0 Å². The lowest BCUT2D eigenvalue weighted by molar-refractivity contribution is -0.274. The molecule has 0 saturated carbocycles. The molecule has 7 nitrogen and oxygen atoms in total. The predicted octanol–water partition coefficient (Wildman–Crippen LogP) is 5.28. The normalized spacial score (nSPS) is 16.7. The molecule has 34 heavy (non-hydrogen) atoms. The number of aromatic amines is 1. The Kier molecular flexibility index (Phi) is 5.46. The SMILES string of the molecule is O=C(c1cc2ccc(OC(F)(F)F)cc2[nH]1)N1CCCC(c2nc(-c3cccc(F)c3)no2)C1. The minimum absolute atomic E-state index is 0.191. The smallest absolute Gasteiger partial charge is 0.406 e. The van der Waals surface area contributed by atoms with Crippen LogP contribution in [0, 0.1) is 5.82 Å². The lowest BCUT2D eigenvalue weighted by Gasteiger charge is -2.30. The molecule has 2 aromatic carbocycles. The van der Waals surface area contributed by atoms with Gasteiger partial charge >= 0.3 is 6.36 Å². The van der Waals surface area contributed by atoms with Gasteiger partial charge in [-0.3, -0.25) is 4.79 Å². The molecule has 0 radical (unpaired) electrons. The number of hydrogen-bond acceptors (Lipinski definition) is 5. The molecule has 0 bridgehead atoms. The largest absolute Gasteiger partial charge is 0.573 e. The van der Waals surface area contributed by atoms with E-state index < -0.39 is 12.2 Å². The van der Waals surface area contributed by atoms with Gasteiger partial charge in [-0.15, -0.1) is 13.2 Å². The summed E-state index contributed by atoms with van der Waals surface area (Å²) in [5.74, 6) is -0.626. The van der Waals surface area contributed by atoms with Crippen molar-refractivity contribution in [3.05, 3.63) is 65.9 Å². The second-order valence-electron chi connectivity index (χ2n) is 8.04. The van der Waals surface area contributed by atoms with E-state index >= 15 is 0 Å². The minimum Gasteiger partial charge on any atom is -0.406 e. The molecule has 3 heterocycles. The number of ether oxygens (including phenoxy) is 1. The highest BCUT2D eigenvalue weighted by Crippen LogP contribution is 2.30. The molecule has 2 aromatic heterocycles. The molecule has 1 atom stereocenters. The van der Waals surface area contributed by atoms with E-state index in [0.717, 1.165) is 6.42 Å². The number of hydrogen-bond donors (Lipinski definition) is 1. The Labute approximate surface area is 190 Å². The lowest BCUT2D eigenvalue weighted by atomic mass is 9.97. The van der Waals surface area contributed by atoms with Gasteiger partial charge in [0.15, 0.2) is 0 Å². The number of nitrogens with one attached hydrogen (secondary N) is 1. The van der Waals surface area contributed by atoms with Gasteiger partial charge in [0.1, 0.15) is 17.3 Å². The van der Waals surface area contributed by atoms with Gasteiger partial charge in [0.25, 0.3) is 5.91 Å². The van der Waals surface area contributed by atoms with Crippen LogP contribution >= 0.6 is 0 Å². The summed E-state index contributed by atoms with van der Waals surface area (Å²) in [7, 11) is 0. The Morgan fingerprint density at radius 3 is 2.82 bits per heavy atom. The second kappa shape index (κ2) is 8.47. The van der Waals surface area contributed by atoms with Crippen LogP contribution in [0.4, 0.5) is 17.6 Å². The molecule has 5 rings (SSSR count). The molecule has 1 unspecified atom stereocenters. The maximum atomic E-state index is 13.5. The van der Waals surface area contributed by atoms with Crippen molar-refractivity contribution in [2.24, 2.45) is 0 Å². The number of amides is 1. The van der Waals surface area contributed by atoms with E-state index in [0.29, 0.717) is 41.9 Å². The number of aromatic nitrogens is 3. The number of carbonyl (C=O) groups excluding carboxylic acids is 1. The summed E-state index contributed by atoms with van der Waals surface area (Å²) in [4.78, 5) is 22.0. The highest BCUT2D eigenvalue weighted by Gasteiger charge is 2.32. The van der Waals surface area contributed by atoms with Crippen LogP contribution in [0.5, 0.6) is 5.75 Å². The van der Waals surface area contributed by atoms with Gasteiger partial charge in [-0.05, 0) is 43.2 Å².